The Hall–Kier alpha value is -0.900. The maximum absolute atomic E-state index is 13.2. The van der Waals surface area contributed by atoms with Crippen LogP contribution in [0.5, 0.6) is 0 Å². The van der Waals surface area contributed by atoms with Crippen LogP contribution >= 0.6 is 15.9 Å². The first-order valence-corrected chi connectivity index (χ1v) is 7.04. The summed E-state index contributed by atoms with van der Waals surface area (Å²) in [4.78, 5) is 11.4. The van der Waals surface area contributed by atoms with Crippen LogP contribution in [0.4, 0.5) is 4.39 Å². The van der Waals surface area contributed by atoms with E-state index in [-0.39, 0.29) is 11.7 Å². The third kappa shape index (κ3) is 3.10. The van der Waals surface area contributed by atoms with E-state index in [0.29, 0.717) is 6.42 Å². The van der Waals surface area contributed by atoms with Gasteiger partial charge in [0.25, 0.3) is 0 Å². The van der Waals surface area contributed by atoms with Crippen LogP contribution < -0.4 is 0 Å². The number of aliphatic carboxylic acids is 1. The van der Waals surface area contributed by atoms with Crippen LogP contribution in [0.25, 0.3) is 0 Å². The van der Waals surface area contributed by atoms with Crippen LogP contribution in [0.2, 0.25) is 0 Å². The van der Waals surface area contributed by atoms with Gasteiger partial charge >= 0.3 is 5.97 Å². The van der Waals surface area contributed by atoms with Gasteiger partial charge in [-0.05, 0) is 48.9 Å². The second kappa shape index (κ2) is 5.83. The first-order valence-electron chi connectivity index (χ1n) is 6.24. The normalized spacial score (nSPS) is 17.9. The zero-order chi connectivity index (χ0) is 13.1. The van der Waals surface area contributed by atoms with Crippen LogP contribution in [0, 0.1) is 17.7 Å². The van der Waals surface area contributed by atoms with E-state index in [1.807, 2.05) is 0 Å². The highest BCUT2D eigenvalue weighted by Crippen LogP contribution is 2.34. The summed E-state index contributed by atoms with van der Waals surface area (Å²) in [5, 5.41) is 9.35. The molecule has 2 nitrogen and oxygen atoms in total. The van der Waals surface area contributed by atoms with Crippen molar-refractivity contribution in [1.82, 2.24) is 0 Å². The third-order valence-corrected chi connectivity index (χ3v) is 4.51. The van der Waals surface area contributed by atoms with Crippen molar-refractivity contribution in [3.8, 4) is 0 Å². The standard InChI is InChI=1S/C14H16BrFO2/c15-13-6-5-11(16)7-10(13)8-12(14(17)18)9-3-1-2-4-9/h5-7,9,12H,1-4,8H2,(H,17,18). The number of benzene rings is 1. The molecular weight excluding hydrogens is 299 g/mol. The van der Waals surface area contributed by atoms with Gasteiger partial charge in [-0.3, -0.25) is 4.79 Å². The lowest BCUT2D eigenvalue weighted by Gasteiger charge is -2.19. The maximum Gasteiger partial charge on any atom is 0.307 e. The minimum absolute atomic E-state index is 0.234. The lowest BCUT2D eigenvalue weighted by molar-refractivity contribution is -0.143. The van der Waals surface area contributed by atoms with Crippen molar-refractivity contribution < 1.29 is 14.3 Å². The number of halogens is 2. The molecule has 1 aromatic carbocycles. The molecule has 1 atom stereocenters. The zero-order valence-electron chi connectivity index (χ0n) is 10.0. The van der Waals surface area contributed by atoms with Gasteiger partial charge in [-0.2, -0.15) is 0 Å². The van der Waals surface area contributed by atoms with E-state index in [1.165, 1.54) is 12.1 Å². The average Bonchev–Trinajstić information content (AvgIpc) is 2.83. The number of carboxylic acids is 1. The van der Waals surface area contributed by atoms with Crippen molar-refractivity contribution in [2.45, 2.75) is 32.1 Å². The van der Waals surface area contributed by atoms with Gasteiger partial charge in [-0.25, -0.2) is 4.39 Å². The summed E-state index contributed by atoms with van der Waals surface area (Å²) < 4.78 is 14.0. The largest absolute Gasteiger partial charge is 0.481 e. The SMILES string of the molecule is O=C(O)C(Cc1cc(F)ccc1Br)C1CCCC1. The van der Waals surface area contributed by atoms with E-state index in [2.05, 4.69) is 15.9 Å². The molecule has 0 bridgehead atoms. The molecule has 1 aromatic rings. The Bertz CT molecular complexity index is 441. The van der Waals surface area contributed by atoms with E-state index in [0.717, 1.165) is 35.7 Å². The molecule has 1 fully saturated rings. The smallest absolute Gasteiger partial charge is 0.307 e. The minimum atomic E-state index is -0.766. The van der Waals surface area contributed by atoms with E-state index in [4.69, 9.17) is 0 Å². The highest BCUT2D eigenvalue weighted by molar-refractivity contribution is 9.10. The highest BCUT2D eigenvalue weighted by atomic mass is 79.9. The van der Waals surface area contributed by atoms with E-state index >= 15 is 0 Å². The van der Waals surface area contributed by atoms with Crippen molar-refractivity contribution >= 4 is 21.9 Å². The number of hydrogen-bond donors (Lipinski definition) is 1. The monoisotopic (exact) mass is 314 g/mol. The predicted molar refractivity (Wildman–Crippen MR) is 70.9 cm³/mol. The summed E-state index contributed by atoms with van der Waals surface area (Å²) in [6.07, 6.45) is 4.57. The second-order valence-electron chi connectivity index (χ2n) is 4.93. The number of hydrogen-bond acceptors (Lipinski definition) is 1. The molecule has 1 unspecified atom stereocenters. The molecule has 1 aliphatic rings. The van der Waals surface area contributed by atoms with E-state index in [9.17, 15) is 14.3 Å². The molecule has 18 heavy (non-hydrogen) atoms. The molecule has 98 valence electrons. The lowest BCUT2D eigenvalue weighted by atomic mass is 9.86. The summed E-state index contributed by atoms with van der Waals surface area (Å²) in [7, 11) is 0. The molecule has 2 rings (SSSR count). The summed E-state index contributed by atoms with van der Waals surface area (Å²) in [6.45, 7) is 0. The molecule has 0 spiro atoms. The molecule has 0 radical (unpaired) electrons. The summed E-state index contributed by atoms with van der Waals surface area (Å²) in [6, 6.07) is 4.44. The van der Waals surface area contributed by atoms with Crippen LogP contribution in [-0.2, 0) is 11.2 Å². The first-order chi connectivity index (χ1) is 8.58. The Morgan fingerprint density at radius 1 is 1.44 bits per heavy atom. The maximum atomic E-state index is 13.2. The molecule has 0 aromatic heterocycles. The molecule has 4 heteroatoms. The quantitative estimate of drug-likeness (QED) is 0.911. The Labute approximate surface area is 114 Å². The van der Waals surface area contributed by atoms with Gasteiger partial charge in [0.1, 0.15) is 5.82 Å². The molecule has 0 aliphatic heterocycles. The number of carboxylic acid groups (broad SMARTS) is 1. The van der Waals surface area contributed by atoms with Crippen molar-refractivity contribution in [1.29, 1.82) is 0 Å². The van der Waals surface area contributed by atoms with Gasteiger partial charge in [0.05, 0.1) is 5.92 Å². The molecule has 0 amide bonds. The van der Waals surface area contributed by atoms with Gasteiger partial charge in [0, 0.05) is 4.47 Å². The topological polar surface area (TPSA) is 37.3 Å². The Balaban J connectivity index is 2.17. The average molecular weight is 315 g/mol. The van der Waals surface area contributed by atoms with Crippen molar-refractivity contribution in [2.24, 2.45) is 11.8 Å². The fourth-order valence-electron chi connectivity index (χ4n) is 2.75. The molecule has 1 aliphatic carbocycles. The summed E-state index contributed by atoms with van der Waals surface area (Å²) in [5.74, 6) is -1.25. The van der Waals surface area contributed by atoms with Gasteiger partial charge in [-0.15, -0.1) is 0 Å². The molecule has 1 saturated carbocycles. The summed E-state index contributed by atoms with van der Waals surface area (Å²) >= 11 is 3.36. The fraction of sp³-hybridized carbons (Fsp3) is 0.500. The van der Waals surface area contributed by atoms with Crippen LogP contribution in [-0.4, -0.2) is 11.1 Å². The van der Waals surface area contributed by atoms with E-state index in [1.54, 1.807) is 6.07 Å². The Morgan fingerprint density at radius 3 is 2.72 bits per heavy atom. The fourth-order valence-corrected chi connectivity index (χ4v) is 3.16. The molecule has 0 saturated heterocycles. The van der Waals surface area contributed by atoms with Gasteiger partial charge in [0.15, 0.2) is 0 Å². The van der Waals surface area contributed by atoms with Crippen LogP contribution in [0.3, 0.4) is 0 Å². The Morgan fingerprint density at radius 2 is 2.11 bits per heavy atom. The van der Waals surface area contributed by atoms with Crippen molar-refractivity contribution in [2.75, 3.05) is 0 Å². The third-order valence-electron chi connectivity index (χ3n) is 3.73. The molecule has 1 N–H and O–H groups in total. The summed E-state index contributed by atoms with van der Waals surface area (Å²) in [5.41, 5.74) is 0.745. The second-order valence-corrected chi connectivity index (χ2v) is 5.78. The van der Waals surface area contributed by atoms with Crippen molar-refractivity contribution in [3.63, 3.8) is 0 Å². The minimum Gasteiger partial charge on any atom is -0.481 e. The van der Waals surface area contributed by atoms with E-state index < -0.39 is 11.9 Å². The predicted octanol–water partition coefficient (Wildman–Crippen LogP) is 4.02. The Kier molecular flexibility index (Phi) is 4.38. The number of carbonyl (C=O) groups is 1. The molecular formula is C14H16BrFO2. The first kappa shape index (κ1) is 13.5. The van der Waals surface area contributed by atoms with Crippen LogP contribution in [0.1, 0.15) is 31.2 Å². The van der Waals surface area contributed by atoms with Crippen molar-refractivity contribution in [3.05, 3.63) is 34.1 Å². The van der Waals surface area contributed by atoms with Gasteiger partial charge < -0.3 is 5.11 Å². The highest BCUT2D eigenvalue weighted by Gasteiger charge is 2.31. The van der Waals surface area contributed by atoms with Gasteiger partial charge in [0.2, 0.25) is 0 Å². The van der Waals surface area contributed by atoms with Crippen LogP contribution in [0.15, 0.2) is 22.7 Å². The molecule has 0 heterocycles. The number of rotatable bonds is 4. The lowest BCUT2D eigenvalue weighted by Crippen LogP contribution is -2.24. The van der Waals surface area contributed by atoms with Gasteiger partial charge in [-0.1, -0.05) is 28.8 Å². The zero-order valence-corrected chi connectivity index (χ0v) is 11.6.